The second kappa shape index (κ2) is 7.22. The number of thioether (sulfide) groups is 2. The van der Waals surface area contributed by atoms with Crippen molar-refractivity contribution in [2.24, 2.45) is 5.73 Å². The van der Waals surface area contributed by atoms with Crippen LogP contribution in [0.1, 0.15) is 17.2 Å². The van der Waals surface area contributed by atoms with Gasteiger partial charge in [0.15, 0.2) is 0 Å². The van der Waals surface area contributed by atoms with Gasteiger partial charge in [-0.05, 0) is 12.5 Å². The molecule has 1 amide bonds. The summed E-state index contributed by atoms with van der Waals surface area (Å²) in [5.74, 6) is 3.43. The van der Waals surface area contributed by atoms with Crippen molar-refractivity contribution in [3.8, 4) is 0 Å². The van der Waals surface area contributed by atoms with E-state index in [4.69, 9.17) is 5.73 Å². The van der Waals surface area contributed by atoms with E-state index in [2.05, 4.69) is 5.32 Å². The van der Waals surface area contributed by atoms with Crippen LogP contribution in [0.3, 0.4) is 0 Å². The average Bonchev–Trinajstić information content (AvgIpc) is 2.46. The number of carbonyl (C=O) groups is 1. The van der Waals surface area contributed by atoms with E-state index >= 15 is 0 Å². The molecule has 0 aromatic heterocycles. The molecular weight excluding hydrogens is 276 g/mol. The van der Waals surface area contributed by atoms with Gasteiger partial charge in [-0.3, -0.25) is 4.79 Å². The Hall–Kier alpha value is -0.650. The molecule has 104 valence electrons. The number of rotatable bonds is 4. The molecule has 1 aliphatic rings. The summed E-state index contributed by atoms with van der Waals surface area (Å²) in [6, 6.07) is 7.24. The van der Waals surface area contributed by atoms with Crippen LogP contribution in [0.4, 0.5) is 0 Å². The molecule has 2 rings (SSSR count). The molecule has 0 aliphatic carbocycles. The molecule has 1 aromatic carbocycles. The van der Waals surface area contributed by atoms with E-state index in [1.807, 2.05) is 54.7 Å². The largest absolute Gasteiger partial charge is 0.353 e. The average molecular weight is 296 g/mol. The van der Waals surface area contributed by atoms with Gasteiger partial charge in [-0.2, -0.15) is 23.5 Å². The van der Waals surface area contributed by atoms with Gasteiger partial charge in [0, 0.05) is 29.1 Å². The van der Waals surface area contributed by atoms with Gasteiger partial charge in [-0.15, -0.1) is 0 Å². The summed E-state index contributed by atoms with van der Waals surface area (Å²) >= 11 is 3.90. The molecule has 19 heavy (non-hydrogen) atoms. The molecule has 1 fully saturated rings. The molecule has 3 N–H and O–H groups in total. The van der Waals surface area contributed by atoms with E-state index in [-0.39, 0.29) is 5.91 Å². The number of nitrogens with one attached hydrogen (secondary N) is 1. The van der Waals surface area contributed by atoms with Crippen LogP contribution >= 0.6 is 23.5 Å². The van der Waals surface area contributed by atoms with Crippen molar-refractivity contribution in [1.82, 2.24) is 5.32 Å². The number of hydrogen-bond donors (Lipinski definition) is 2. The molecule has 0 radical (unpaired) electrons. The lowest BCUT2D eigenvalue weighted by molar-refractivity contribution is -0.122. The van der Waals surface area contributed by atoms with E-state index in [9.17, 15) is 4.79 Å². The Labute approximate surface area is 123 Å². The maximum Gasteiger partial charge on any atom is 0.241 e. The van der Waals surface area contributed by atoms with Gasteiger partial charge in [0.25, 0.3) is 0 Å². The number of amides is 1. The third kappa shape index (κ3) is 4.44. The highest BCUT2D eigenvalue weighted by Gasteiger charge is 2.19. The number of nitrogens with two attached hydrogens (primary N) is 1. The second-order valence-corrected chi connectivity index (χ2v) is 7.26. The third-order valence-corrected chi connectivity index (χ3v) is 5.95. The summed E-state index contributed by atoms with van der Waals surface area (Å²) in [4.78, 5) is 12.0. The maximum absolute atomic E-state index is 12.0. The maximum atomic E-state index is 12.0. The van der Waals surface area contributed by atoms with Gasteiger partial charge < -0.3 is 11.1 Å². The van der Waals surface area contributed by atoms with Crippen LogP contribution in [0.2, 0.25) is 0 Å². The topological polar surface area (TPSA) is 55.1 Å². The van der Waals surface area contributed by atoms with E-state index in [1.54, 1.807) is 0 Å². The van der Waals surface area contributed by atoms with Crippen molar-refractivity contribution in [3.05, 3.63) is 35.4 Å². The van der Waals surface area contributed by atoms with Crippen LogP contribution in [0.5, 0.6) is 0 Å². The second-order valence-electron chi connectivity index (χ2n) is 4.70. The number of carbonyl (C=O) groups excluding carboxylic acids is 1. The molecule has 0 saturated carbocycles. The van der Waals surface area contributed by atoms with Gasteiger partial charge in [-0.1, -0.05) is 29.8 Å². The summed E-state index contributed by atoms with van der Waals surface area (Å²) in [5, 5.41) is 3.49. The van der Waals surface area contributed by atoms with Gasteiger partial charge >= 0.3 is 0 Å². The molecule has 1 aliphatic heterocycles. The molecular formula is C14H20N2OS2. The van der Waals surface area contributed by atoms with Crippen molar-refractivity contribution < 1.29 is 4.79 Å². The summed E-state index contributed by atoms with van der Waals surface area (Å²) in [6.07, 6.45) is 0. The SMILES string of the molecule is Cc1ccc(C(N)C(=O)NCC2CSCCS2)cc1. The zero-order valence-corrected chi connectivity index (χ0v) is 12.7. The Balaban J connectivity index is 1.83. The molecule has 0 spiro atoms. The first-order valence-electron chi connectivity index (χ1n) is 6.46. The fourth-order valence-corrected chi connectivity index (χ4v) is 4.52. The van der Waals surface area contributed by atoms with Gasteiger partial charge in [0.1, 0.15) is 6.04 Å². The quantitative estimate of drug-likeness (QED) is 0.892. The fraction of sp³-hybridized carbons (Fsp3) is 0.500. The summed E-state index contributed by atoms with van der Waals surface area (Å²) in [6.45, 7) is 2.74. The van der Waals surface area contributed by atoms with E-state index in [0.29, 0.717) is 5.25 Å². The lowest BCUT2D eigenvalue weighted by Gasteiger charge is -2.22. The minimum absolute atomic E-state index is 0.0833. The van der Waals surface area contributed by atoms with Crippen molar-refractivity contribution in [1.29, 1.82) is 0 Å². The first-order chi connectivity index (χ1) is 9.16. The zero-order valence-electron chi connectivity index (χ0n) is 11.1. The van der Waals surface area contributed by atoms with Crippen LogP contribution in [0, 0.1) is 6.92 Å². The van der Waals surface area contributed by atoms with Crippen LogP contribution in [-0.2, 0) is 4.79 Å². The highest BCUT2D eigenvalue weighted by Crippen LogP contribution is 2.23. The van der Waals surface area contributed by atoms with Crippen molar-refractivity contribution >= 4 is 29.4 Å². The monoisotopic (exact) mass is 296 g/mol. The van der Waals surface area contributed by atoms with E-state index in [1.165, 1.54) is 17.1 Å². The van der Waals surface area contributed by atoms with Crippen molar-refractivity contribution in [2.75, 3.05) is 23.8 Å². The van der Waals surface area contributed by atoms with Gasteiger partial charge in [0.05, 0.1) is 0 Å². The first-order valence-corrected chi connectivity index (χ1v) is 8.66. The molecule has 1 aromatic rings. The first kappa shape index (κ1) is 14.8. The third-order valence-electron chi connectivity index (χ3n) is 3.11. The summed E-state index contributed by atoms with van der Waals surface area (Å²) < 4.78 is 0. The smallest absolute Gasteiger partial charge is 0.241 e. The molecule has 1 saturated heterocycles. The Morgan fingerprint density at radius 2 is 2.16 bits per heavy atom. The standard InChI is InChI=1S/C14H20N2OS2/c1-10-2-4-11(5-3-10)13(15)14(17)16-8-12-9-18-6-7-19-12/h2-5,12-13H,6-9,15H2,1H3,(H,16,17). The zero-order chi connectivity index (χ0) is 13.7. The van der Waals surface area contributed by atoms with Gasteiger partial charge in [-0.25, -0.2) is 0 Å². The Kier molecular flexibility index (Phi) is 5.60. The van der Waals surface area contributed by atoms with Gasteiger partial charge in [0.2, 0.25) is 5.91 Å². The lowest BCUT2D eigenvalue weighted by atomic mass is 10.1. The number of benzene rings is 1. The van der Waals surface area contributed by atoms with Crippen LogP contribution in [-0.4, -0.2) is 35.0 Å². The van der Waals surface area contributed by atoms with E-state index < -0.39 is 6.04 Å². The predicted molar refractivity (Wildman–Crippen MR) is 84.7 cm³/mol. The Bertz CT molecular complexity index is 416. The molecule has 0 bridgehead atoms. The minimum atomic E-state index is -0.568. The Morgan fingerprint density at radius 1 is 1.42 bits per heavy atom. The normalized spacial score (nSPS) is 20.8. The molecule has 3 nitrogen and oxygen atoms in total. The Morgan fingerprint density at radius 3 is 2.79 bits per heavy atom. The number of hydrogen-bond acceptors (Lipinski definition) is 4. The molecule has 2 atom stereocenters. The molecule has 5 heteroatoms. The summed E-state index contributed by atoms with van der Waals surface area (Å²) in [5.41, 5.74) is 8.02. The van der Waals surface area contributed by atoms with Crippen LogP contribution < -0.4 is 11.1 Å². The lowest BCUT2D eigenvalue weighted by Crippen LogP contribution is -2.39. The highest BCUT2D eigenvalue weighted by molar-refractivity contribution is 8.06. The van der Waals surface area contributed by atoms with Crippen molar-refractivity contribution in [3.63, 3.8) is 0 Å². The fourth-order valence-electron chi connectivity index (χ4n) is 1.90. The van der Waals surface area contributed by atoms with Crippen molar-refractivity contribution in [2.45, 2.75) is 18.2 Å². The molecule has 1 heterocycles. The molecule has 2 unspecified atom stereocenters. The minimum Gasteiger partial charge on any atom is -0.353 e. The van der Waals surface area contributed by atoms with Crippen LogP contribution in [0.25, 0.3) is 0 Å². The predicted octanol–water partition coefficient (Wildman–Crippen LogP) is 1.96. The number of aryl methyl sites for hydroxylation is 1. The van der Waals surface area contributed by atoms with Crippen LogP contribution in [0.15, 0.2) is 24.3 Å². The summed E-state index contributed by atoms with van der Waals surface area (Å²) in [7, 11) is 0. The van der Waals surface area contributed by atoms with E-state index in [0.717, 1.165) is 17.9 Å². The highest BCUT2D eigenvalue weighted by atomic mass is 32.2.